The fourth-order valence-electron chi connectivity index (χ4n) is 7.83. The summed E-state index contributed by atoms with van der Waals surface area (Å²) in [4.78, 5) is 50.2. The average Bonchev–Trinajstić information content (AvgIpc) is 3.86. The molecule has 7 heterocycles. The van der Waals surface area contributed by atoms with Gasteiger partial charge in [0.25, 0.3) is 11.1 Å². The first-order chi connectivity index (χ1) is 31.1. The highest BCUT2D eigenvalue weighted by Gasteiger charge is 2.26. The maximum absolute atomic E-state index is 13.4. The van der Waals surface area contributed by atoms with Gasteiger partial charge in [0, 0.05) is 48.2 Å². The smallest absolute Gasteiger partial charge is 0.264 e. The Balaban J connectivity index is 0.914. The highest BCUT2D eigenvalue weighted by molar-refractivity contribution is 5.96. The van der Waals surface area contributed by atoms with Gasteiger partial charge in [-0.05, 0) is 101 Å². The summed E-state index contributed by atoms with van der Waals surface area (Å²) in [5.74, 6) is 1.13. The molecule has 0 aliphatic heterocycles. The number of H-pyrrole nitrogens is 2. The van der Waals surface area contributed by atoms with Gasteiger partial charge in [-0.3, -0.25) is 24.8 Å². The molecule has 17 heteroatoms. The molecule has 65 heavy (non-hydrogen) atoms. The molecule has 0 fully saturated rings. The molecular weight excluding hydrogens is 823 g/mol. The second-order valence-electron chi connectivity index (χ2n) is 17.1. The van der Waals surface area contributed by atoms with Gasteiger partial charge in [0.2, 0.25) is 5.88 Å². The second-order valence-corrected chi connectivity index (χ2v) is 17.1. The van der Waals surface area contributed by atoms with Crippen molar-refractivity contribution < 1.29 is 9.84 Å². The van der Waals surface area contributed by atoms with Gasteiger partial charge in [-0.2, -0.15) is 5.10 Å². The minimum absolute atomic E-state index is 0.215. The Morgan fingerprint density at radius 2 is 1.18 bits per heavy atom. The molecule has 17 nitrogen and oxygen atoms in total. The summed E-state index contributed by atoms with van der Waals surface area (Å²) < 4.78 is 9.44. The van der Waals surface area contributed by atoms with Gasteiger partial charge in [0.1, 0.15) is 33.6 Å². The highest BCUT2D eigenvalue weighted by Crippen LogP contribution is 2.36. The van der Waals surface area contributed by atoms with Crippen LogP contribution in [-0.2, 0) is 25.3 Å². The van der Waals surface area contributed by atoms with E-state index < -0.39 is 11.2 Å². The number of benzene rings is 3. The Hall–Kier alpha value is -8.31. The van der Waals surface area contributed by atoms with Crippen molar-refractivity contribution in [3.63, 3.8) is 0 Å². The van der Waals surface area contributed by atoms with E-state index in [9.17, 15) is 14.7 Å². The van der Waals surface area contributed by atoms with Gasteiger partial charge in [-0.1, -0.05) is 24.3 Å². The van der Waals surface area contributed by atoms with Crippen molar-refractivity contribution in [2.24, 2.45) is 14.1 Å². The number of hydrogen-bond acceptors (Lipinski definition) is 13. The molecule has 0 bridgehead atoms. The van der Waals surface area contributed by atoms with Crippen LogP contribution in [0.2, 0.25) is 0 Å². The molecule has 0 aliphatic carbocycles. The van der Waals surface area contributed by atoms with Crippen LogP contribution in [0, 0.1) is 6.92 Å². The number of rotatable bonds is 10. The normalized spacial score (nSPS) is 12.1. The number of pyridine rings is 3. The third kappa shape index (κ3) is 7.46. The quantitative estimate of drug-likeness (QED) is 0.0888. The van der Waals surface area contributed by atoms with Crippen molar-refractivity contribution in [2.75, 3.05) is 10.6 Å². The average molecular weight is 866 g/mol. The lowest BCUT2D eigenvalue weighted by Crippen LogP contribution is -2.25. The number of aromatic nitrogens is 11. The lowest BCUT2D eigenvalue weighted by atomic mass is 9.96. The van der Waals surface area contributed by atoms with E-state index in [4.69, 9.17) is 14.7 Å². The van der Waals surface area contributed by atoms with Crippen LogP contribution in [0.1, 0.15) is 44.6 Å². The monoisotopic (exact) mass is 865 g/mol. The Morgan fingerprint density at radius 1 is 0.646 bits per heavy atom. The molecule has 10 aromatic rings. The van der Waals surface area contributed by atoms with Gasteiger partial charge in [0.05, 0.1) is 62.9 Å². The van der Waals surface area contributed by atoms with Crippen molar-refractivity contribution in [1.29, 1.82) is 0 Å². The lowest BCUT2D eigenvalue weighted by molar-refractivity contribution is 0.0739. The van der Waals surface area contributed by atoms with Crippen molar-refractivity contribution in [1.82, 2.24) is 54.4 Å². The molecule has 3 aromatic carbocycles. The zero-order valence-corrected chi connectivity index (χ0v) is 36.5. The van der Waals surface area contributed by atoms with Crippen LogP contribution >= 0.6 is 0 Å². The van der Waals surface area contributed by atoms with E-state index in [1.54, 1.807) is 46.3 Å². The molecule has 0 spiro atoms. The van der Waals surface area contributed by atoms with Crippen LogP contribution in [0.15, 0.2) is 113 Å². The predicted molar refractivity (Wildman–Crippen MR) is 251 cm³/mol. The number of aromatic amines is 2. The topological polar surface area (TPSA) is 219 Å². The Labute approximate surface area is 370 Å². The van der Waals surface area contributed by atoms with E-state index in [0.29, 0.717) is 73.2 Å². The van der Waals surface area contributed by atoms with Crippen molar-refractivity contribution >= 4 is 66.6 Å². The molecule has 0 saturated heterocycles. The summed E-state index contributed by atoms with van der Waals surface area (Å²) in [6, 6.07) is 26.5. The number of anilines is 4. The second kappa shape index (κ2) is 15.2. The largest absolute Gasteiger partial charge is 0.465 e. The Morgan fingerprint density at radius 3 is 1.75 bits per heavy atom. The van der Waals surface area contributed by atoms with Crippen LogP contribution in [0.4, 0.5) is 23.0 Å². The van der Waals surface area contributed by atoms with Gasteiger partial charge < -0.3 is 29.6 Å². The summed E-state index contributed by atoms with van der Waals surface area (Å²) in [6.45, 7) is 9.23. The summed E-state index contributed by atoms with van der Waals surface area (Å²) >= 11 is 0. The number of ether oxygens (including phenoxy) is 1. The SMILES string of the molecule is Cc1n[nH]c2cc(Nc3nc(-c4ccc(C(C)(C)Oc5n[nH]c6cc(Nc7nc(-c8ccc(C(C)(C)O)nc8)cc8ncn(C)c(=O)c78)ccc56)cc4)cc4ncn(C)c(=O)c34)ccc12. The van der Waals surface area contributed by atoms with Crippen molar-refractivity contribution in [3.05, 3.63) is 141 Å². The van der Waals surface area contributed by atoms with E-state index in [-0.39, 0.29) is 11.1 Å². The van der Waals surface area contributed by atoms with Gasteiger partial charge in [-0.25, -0.2) is 19.9 Å². The Bertz CT molecular complexity index is 3620. The van der Waals surface area contributed by atoms with E-state index >= 15 is 0 Å². The standard InChI is InChI=1S/C48H43N13O4/c1-25-31-15-13-29(18-35(31)57-56-25)52-42-40-37(50-23-60(6)45(40)62)20-33(54-42)26-8-11-28(12-9-26)48(4,5)65-44-32-16-14-30(19-36(32)58-59-44)53-43-41-38(51-24-61(7)46(41)63)21-34(55-43)27-10-17-39(49-22-27)47(2,3)64/h8-24,64H,1-7H3,(H,52,54)(H,53,55)(H,56,57)(H,58,59). The first-order valence-electron chi connectivity index (χ1n) is 20.8. The van der Waals surface area contributed by atoms with Crippen LogP contribution < -0.4 is 26.5 Å². The van der Waals surface area contributed by atoms with E-state index in [1.165, 1.54) is 21.8 Å². The minimum Gasteiger partial charge on any atom is -0.465 e. The molecule has 10 rings (SSSR count). The fourth-order valence-corrected chi connectivity index (χ4v) is 7.83. The molecule has 5 N–H and O–H groups in total. The van der Waals surface area contributed by atoms with Crippen LogP contribution in [0.25, 0.3) is 66.1 Å². The molecule has 0 saturated carbocycles. The number of nitrogens with zero attached hydrogens (tertiary/aromatic N) is 9. The van der Waals surface area contributed by atoms with Gasteiger partial charge in [-0.15, -0.1) is 5.10 Å². The zero-order valence-electron chi connectivity index (χ0n) is 36.5. The molecule has 0 aliphatic rings. The molecule has 0 unspecified atom stereocenters. The van der Waals surface area contributed by atoms with Gasteiger partial charge in [0.15, 0.2) is 0 Å². The van der Waals surface area contributed by atoms with E-state index in [1.807, 2.05) is 93.6 Å². The number of fused-ring (bicyclic) bond motifs is 4. The molecule has 0 radical (unpaired) electrons. The number of nitrogens with one attached hydrogen (secondary N) is 4. The number of hydrogen-bond donors (Lipinski definition) is 5. The molecular formula is C48H43N13O4. The fraction of sp³-hybridized carbons (Fsp3) is 0.188. The summed E-state index contributed by atoms with van der Waals surface area (Å²) in [5, 5.41) is 34.6. The predicted octanol–water partition coefficient (Wildman–Crippen LogP) is 7.79. The molecule has 7 aromatic heterocycles. The first-order valence-corrected chi connectivity index (χ1v) is 20.8. The van der Waals surface area contributed by atoms with Crippen molar-refractivity contribution in [3.8, 4) is 28.4 Å². The van der Waals surface area contributed by atoms with Crippen molar-refractivity contribution in [2.45, 2.75) is 45.8 Å². The Kier molecular flexibility index (Phi) is 9.53. The third-order valence-electron chi connectivity index (χ3n) is 11.5. The number of aliphatic hydroxyl groups is 1. The third-order valence-corrected chi connectivity index (χ3v) is 11.5. The first kappa shape index (κ1) is 40.7. The van der Waals surface area contributed by atoms with E-state index in [0.717, 1.165) is 38.8 Å². The summed E-state index contributed by atoms with van der Waals surface area (Å²) in [6.07, 6.45) is 4.63. The maximum atomic E-state index is 13.4. The van der Waals surface area contributed by atoms with Gasteiger partial charge >= 0.3 is 0 Å². The highest BCUT2D eigenvalue weighted by atomic mass is 16.5. The molecule has 0 atom stereocenters. The van der Waals surface area contributed by atoms with E-state index in [2.05, 4.69) is 46.0 Å². The number of aryl methyl sites for hydroxylation is 3. The summed E-state index contributed by atoms with van der Waals surface area (Å²) in [5.41, 5.74) is 6.59. The van der Waals surface area contributed by atoms with Crippen LogP contribution in [0.5, 0.6) is 5.88 Å². The lowest BCUT2D eigenvalue weighted by Gasteiger charge is -2.26. The van der Waals surface area contributed by atoms with Crippen LogP contribution in [-0.4, -0.2) is 59.6 Å². The summed E-state index contributed by atoms with van der Waals surface area (Å²) in [7, 11) is 3.31. The molecule has 324 valence electrons. The zero-order chi connectivity index (χ0) is 45.4. The molecule has 0 amide bonds. The minimum atomic E-state index is -1.10. The maximum Gasteiger partial charge on any atom is 0.264 e. The van der Waals surface area contributed by atoms with Crippen LogP contribution in [0.3, 0.4) is 0 Å².